The Balaban J connectivity index is 1.54. The Morgan fingerprint density at radius 3 is 2.96 bits per heavy atom. The van der Waals surface area contributed by atoms with Crippen LogP contribution in [-0.4, -0.2) is 29.1 Å². The molecular formula is C18H20N4O2. The van der Waals surface area contributed by atoms with Gasteiger partial charge in [-0.05, 0) is 30.7 Å². The lowest BCUT2D eigenvalue weighted by Gasteiger charge is -2.11. The number of benzene rings is 1. The Morgan fingerprint density at radius 2 is 2.17 bits per heavy atom. The number of urea groups is 1. The second-order valence-electron chi connectivity index (χ2n) is 5.51. The lowest BCUT2D eigenvalue weighted by atomic mass is 10.2. The molecule has 124 valence electrons. The minimum atomic E-state index is -0.241. The number of carbonyl (C=O) groups is 1. The maximum absolute atomic E-state index is 12.0. The number of nitrogens with one attached hydrogen (secondary N) is 2. The molecule has 0 saturated carbocycles. The molecule has 24 heavy (non-hydrogen) atoms. The Morgan fingerprint density at radius 1 is 1.29 bits per heavy atom. The Bertz CT molecular complexity index is 824. The van der Waals surface area contributed by atoms with Gasteiger partial charge >= 0.3 is 6.03 Å². The summed E-state index contributed by atoms with van der Waals surface area (Å²) >= 11 is 0. The maximum atomic E-state index is 12.0. The molecule has 0 aliphatic carbocycles. The normalized spacial score (nSPS) is 10.6. The highest BCUT2D eigenvalue weighted by Crippen LogP contribution is 2.21. The van der Waals surface area contributed by atoms with Gasteiger partial charge in [-0.25, -0.2) is 9.78 Å². The summed E-state index contributed by atoms with van der Waals surface area (Å²) in [5, 5.41) is 5.69. The van der Waals surface area contributed by atoms with Crippen LogP contribution >= 0.6 is 0 Å². The van der Waals surface area contributed by atoms with Crippen molar-refractivity contribution in [1.82, 2.24) is 14.7 Å². The van der Waals surface area contributed by atoms with Crippen molar-refractivity contribution in [1.29, 1.82) is 0 Å². The van der Waals surface area contributed by atoms with Crippen LogP contribution < -0.4 is 15.4 Å². The third-order valence-electron chi connectivity index (χ3n) is 3.77. The molecule has 2 amide bonds. The van der Waals surface area contributed by atoms with Gasteiger partial charge in [-0.2, -0.15) is 0 Å². The van der Waals surface area contributed by atoms with Gasteiger partial charge in [-0.3, -0.25) is 0 Å². The predicted octanol–water partition coefficient (Wildman–Crippen LogP) is 3.02. The number of aryl methyl sites for hydroxylation is 1. The molecule has 3 rings (SSSR count). The molecule has 0 unspecified atom stereocenters. The number of anilines is 1. The highest BCUT2D eigenvalue weighted by atomic mass is 16.5. The number of ether oxygens (including phenoxy) is 1. The maximum Gasteiger partial charge on any atom is 0.319 e. The van der Waals surface area contributed by atoms with Crippen molar-refractivity contribution in [3.05, 3.63) is 60.0 Å². The van der Waals surface area contributed by atoms with Crippen molar-refractivity contribution in [3.8, 4) is 5.75 Å². The number of nitrogens with zero attached hydrogens (tertiary/aromatic N) is 2. The van der Waals surface area contributed by atoms with Crippen LogP contribution in [0.25, 0.3) is 5.65 Å². The molecular weight excluding hydrogens is 304 g/mol. The van der Waals surface area contributed by atoms with Gasteiger partial charge in [0.05, 0.1) is 12.8 Å². The number of aromatic nitrogens is 2. The number of imidazole rings is 1. The lowest BCUT2D eigenvalue weighted by Crippen LogP contribution is -2.30. The summed E-state index contributed by atoms with van der Waals surface area (Å²) in [6.45, 7) is 2.45. The zero-order chi connectivity index (χ0) is 16.9. The molecule has 2 heterocycles. The summed E-state index contributed by atoms with van der Waals surface area (Å²) in [5.41, 5.74) is 3.56. The summed E-state index contributed by atoms with van der Waals surface area (Å²) in [6, 6.07) is 11.2. The molecule has 6 heteroatoms. The van der Waals surface area contributed by atoms with E-state index < -0.39 is 0 Å². The van der Waals surface area contributed by atoms with Gasteiger partial charge < -0.3 is 19.8 Å². The number of hydrogen-bond acceptors (Lipinski definition) is 3. The van der Waals surface area contributed by atoms with Crippen molar-refractivity contribution in [3.63, 3.8) is 0 Å². The SMILES string of the molecule is COc1ccc(C)c(NC(=O)NCCc2cn3ccccc3n2)c1. The van der Waals surface area contributed by atoms with Crippen molar-refractivity contribution < 1.29 is 9.53 Å². The van der Waals surface area contributed by atoms with E-state index in [1.165, 1.54) is 0 Å². The second-order valence-corrected chi connectivity index (χ2v) is 5.51. The van der Waals surface area contributed by atoms with E-state index in [4.69, 9.17) is 4.74 Å². The van der Waals surface area contributed by atoms with E-state index in [9.17, 15) is 4.79 Å². The summed E-state index contributed by atoms with van der Waals surface area (Å²) in [6.07, 6.45) is 4.60. The Hall–Kier alpha value is -3.02. The lowest BCUT2D eigenvalue weighted by molar-refractivity contribution is 0.252. The summed E-state index contributed by atoms with van der Waals surface area (Å²) < 4.78 is 7.14. The van der Waals surface area contributed by atoms with Gasteiger partial charge in [0, 0.05) is 37.1 Å². The van der Waals surface area contributed by atoms with Gasteiger partial charge in [-0.1, -0.05) is 12.1 Å². The summed E-state index contributed by atoms with van der Waals surface area (Å²) in [4.78, 5) is 16.5. The molecule has 0 atom stereocenters. The number of hydrogen-bond donors (Lipinski definition) is 2. The predicted molar refractivity (Wildman–Crippen MR) is 93.6 cm³/mol. The van der Waals surface area contributed by atoms with Gasteiger partial charge in [0.25, 0.3) is 0 Å². The fourth-order valence-corrected chi connectivity index (χ4v) is 2.44. The number of fused-ring (bicyclic) bond motifs is 1. The average molecular weight is 324 g/mol. The molecule has 1 aromatic carbocycles. The summed E-state index contributed by atoms with van der Waals surface area (Å²) in [7, 11) is 1.60. The molecule has 0 aliphatic rings. The molecule has 0 spiro atoms. The first-order chi connectivity index (χ1) is 11.7. The first kappa shape index (κ1) is 15.9. The van der Waals surface area contributed by atoms with Crippen molar-refractivity contribution in [2.45, 2.75) is 13.3 Å². The second kappa shape index (κ2) is 7.04. The van der Waals surface area contributed by atoms with Crippen LogP contribution in [0.3, 0.4) is 0 Å². The van der Waals surface area contributed by atoms with Gasteiger partial charge in [0.1, 0.15) is 11.4 Å². The van der Waals surface area contributed by atoms with Gasteiger partial charge in [0.15, 0.2) is 0 Å². The Kier molecular flexibility index (Phi) is 4.65. The first-order valence-electron chi connectivity index (χ1n) is 7.78. The van der Waals surface area contributed by atoms with Crippen LogP contribution in [0.1, 0.15) is 11.3 Å². The van der Waals surface area contributed by atoms with Crippen LogP contribution in [0, 0.1) is 6.92 Å². The smallest absolute Gasteiger partial charge is 0.319 e. The van der Waals surface area contributed by atoms with E-state index in [-0.39, 0.29) is 6.03 Å². The number of rotatable bonds is 5. The monoisotopic (exact) mass is 324 g/mol. The van der Waals surface area contributed by atoms with Crippen molar-refractivity contribution in [2.75, 3.05) is 19.0 Å². The minimum Gasteiger partial charge on any atom is -0.497 e. The minimum absolute atomic E-state index is 0.241. The first-order valence-corrected chi connectivity index (χ1v) is 7.78. The highest BCUT2D eigenvalue weighted by molar-refractivity contribution is 5.90. The van der Waals surface area contributed by atoms with Crippen molar-refractivity contribution in [2.24, 2.45) is 0 Å². The Labute approximate surface area is 140 Å². The average Bonchev–Trinajstić information content (AvgIpc) is 2.99. The fourth-order valence-electron chi connectivity index (χ4n) is 2.44. The molecule has 0 saturated heterocycles. The van der Waals surface area contributed by atoms with E-state index in [0.29, 0.717) is 18.7 Å². The highest BCUT2D eigenvalue weighted by Gasteiger charge is 2.06. The van der Waals surface area contributed by atoms with E-state index in [1.807, 2.05) is 54.0 Å². The molecule has 0 radical (unpaired) electrons. The van der Waals surface area contributed by atoms with Crippen LogP contribution in [-0.2, 0) is 6.42 Å². The standard InChI is InChI=1S/C18H20N4O2/c1-13-6-7-15(24-2)11-16(13)21-18(23)19-9-8-14-12-22-10-4-3-5-17(22)20-14/h3-7,10-12H,8-9H2,1-2H3,(H2,19,21,23). The molecule has 3 aromatic rings. The summed E-state index contributed by atoms with van der Waals surface area (Å²) in [5.74, 6) is 0.709. The van der Waals surface area contributed by atoms with Crippen LogP contribution in [0.15, 0.2) is 48.8 Å². The molecule has 0 bridgehead atoms. The largest absolute Gasteiger partial charge is 0.497 e. The molecule has 2 N–H and O–H groups in total. The molecule has 0 fully saturated rings. The van der Waals surface area contributed by atoms with E-state index in [2.05, 4.69) is 15.6 Å². The van der Waals surface area contributed by atoms with Crippen molar-refractivity contribution >= 4 is 17.4 Å². The quantitative estimate of drug-likeness (QED) is 0.758. The number of pyridine rings is 1. The zero-order valence-electron chi connectivity index (χ0n) is 13.7. The molecule has 0 aliphatic heterocycles. The fraction of sp³-hybridized carbons (Fsp3) is 0.222. The van der Waals surface area contributed by atoms with E-state index in [0.717, 1.165) is 22.6 Å². The third kappa shape index (κ3) is 3.65. The third-order valence-corrected chi connectivity index (χ3v) is 3.77. The van der Waals surface area contributed by atoms with Crippen LogP contribution in [0.2, 0.25) is 0 Å². The molecule has 2 aromatic heterocycles. The number of carbonyl (C=O) groups excluding carboxylic acids is 1. The number of methoxy groups -OCH3 is 1. The zero-order valence-corrected chi connectivity index (χ0v) is 13.7. The van der Waals surface area contributed by atoms with E-state index in [1.54, 1.807) is 13.2 Å². The van der Waals surface area contributed by atoms with Crippen LogP contribution in [0.5, 0.6) is 5.75 Å². The topological polar surface area (TPSA) is 67.7 Å². The van der Waals surface area contributed by atoms with Crippen LogP contribution in [0.4, 0.5) is 10.5 Å². The van der Waals surface area contributed by atoms with Gasteiger partial charge in [0.2, 0.25) is 0 Å². The molecule has 6 nitrogen and oxygen atoms in total. The number of amides is 2. The van der Waals surface area contributed by atoms with Gasteiger partial charge in [-0.15, -0.1) is 0 Å². The van der Waals surface area contributed by atoms with E-state index >= 15 is 0 Å².